The van der Waals surface area contributed by atoms with Gasteiger partial charge < -0.3 is 129 Å². The average Bonchev–Trinajstić information content (AvgIpc) is 1.73. The fourth-order valence-corrected chi connectivity index (χ4v) is 12.2. The molecule has 3 aromatic rings. The molecule has 0 fully saturated rings. The monoisotopic (exact) mass is 1700 g/mol. The van der Waals surface area contributed by atoms with E-state index in [-0.39, 0.29) is 115 Å². The molecule has 0 spiro atoms. The standard InChI is InChI=1S/C78H124N24O19/c1-10-42(6)63(102-74(119)56(35-46-20-12-11-13-21-46)100-71(116)54(28-30-60(105)106)96-70(115)53(24-16-17-31-79)95-65(110)44(8)91-64(109)43(7)92-67(112)49(80)27-29-58(81)103)76(121)93-45(9)66(111)98-57(36-47-37-88-50-23-15-14-22-48(47)50)72(117)99-55(34-40(2)3)73(118)101-62(41(4)5)75(120)97-52(26-19-33-87-78(84)85)69(114)89-38-59(104)94-51(25-18-32-86-77(82)83)68(113)90-39-61(107)108/h11-15,20-23,37,40-45,49,51-57,62-63,88H,10,16-19,24-36,38-39,79-80H2,1-9H3,(H2,81,103)(H,89,114)(H,90,113)(H,91,109)(H,92,112)(H,93,121)(H,94,104)(H,95,110)(H,96,115)(H,97,120)(H,98,111)(H,99,117)(H,100,116)(H,101,118)(H,102,119)(H,105,106)(H,107,108)(H4,82,83,86)(H4,84,85,87)/t42-,43-,44-,45-,49-,51-,52-,53-,54-,55-,56-,57-,62-,63-/m0/s1. The largest absolute Gasteiger partial charge is 0.481 e. The van der Waals surface area contributed by atoms with Gasteiger partial charge in [-0.2, -0.15) is 0 Å². The Kier molecular flexibility index (Phi) is 45.0. The van der Waals surface area contributed by atoms with Crippen molar-refractivity contribution in [3.8, 4) is 0 Å². The van der Waals surface area contributed by atoms with Crippen molar-refractivity contribution in [2.45, 2.75) is 237 Å². The van der Waals surface area contributed by atoms with Crippen LogP contribution >= 0.6 is 0 Å². The van der Waals surface area contributed by atoms with Crippen molar-refractivity contribution in [1.82, 2.24) is 90.1 Å². The zero-order chi connectivity index (χ0) is 90.8. The number of benzene rings is 2. The van der Waals surface area contributed by atoms with Gasteiger partial charge >= 0.3 is 11.9 Å². The molecule has 43 nitrogen and oxygen atoms in total. The van der Waals surface area contributed by atoms with E-state index in [2.05, 4.69) is 90.1 Å². The third-order valence-corrected chi connectivity index (χ3v) is 19.3. The molecule has 43 heteroatoms. The summed E-state index contributed by atoms with van der Waals surface area (Å²) in [6.45, 7) is 12.8. The van der Waals surface area contributed by atoms with Crippen molar-refractivity contribution in [2.75, 3.05) is 32.7 Å². The van der Waals surface area contributed by atoms with Crippen LogP contribution < -0.4 is 114 Å². The van der Waals surface area contributed by atoms with E-state index in [1.165, 1.54) is 20.8 Å². The van der Waals surface area contributed by atoms with E-state index < -0.39 is 217 Å². The van der Waals surface area contributed by atoms with Gasteiger partial charge in [0.2, 0.25) is 88.6 Å². The summed E-state index contributed by atoms with van der Waals surface area (Å²) < 4.78 is 0. The number of nitrogens with one attached hydrogen (secondary N) is 19. The SMILES string of the molecule is CC[C@H](C)[C@H](NC(=O)[C@H](Cc1ccccc1)NC(=O)[C@H](CCC(=O)O)NC(=O)[C@H](CCCCN)NC(=O)[C@H](C)NC(=O)[C@H](C)NC(=O)[C@@H](N)CCC(N)=O)C(=O)N[C@@H](C)C(=O)N[C@@H](Cc1c[nH]c2ccccc12)C(=O)N[C@@H](CC(C)C)C(=O)N[C@H](C(=O)N[C@@H](CCCNC(=N)N)C(=O)NCC(=O)N[C@@H](CCCNC(=N)N)C(=O)NCC(=O)O)C(C)C. The van der Waals surface area contributed by atoms with Gasteiger partial charge in [-0.25, -0.2) is 0 Å². The summed E-state index contributed by atoms with van der Waals surface area (Å²) >= 11 is 0. The van der Waals surface area contributed by atoms with Crippen LogP contribution in [0.1, 0.15) is 157 Å². The number of aliphatic carboxylic acids is 2. The minimum atomic E-state index is -1.69. The molecule has 15 amide bonds. The normalized spacial score (nSPS) is 14.6. The van der Waals surface area contributed by atoms with E-state index >= 15 is 0 Å². The molecule has 121 heavy (non-hydrogen) atoms. The van der Waals surface area contributed by atoms with E-state index in [9.17, 15) is 86.6 Å². The van der Waals surface area contributed by atoms with Crippen molar-refractivity contribution in [3.63, 3.8) is 0 Å². The number of unbranched alkanes of at least 4 members (excludes halogenated alkanes) is 1. The van der Waals surface area contributed by atoms with Crippen LogP contribution in [-0.4, -0.2) is 239 Å². The van der Waals surface area contributed by atoms with Crippen molar-refractivity contribution in [1.29, 1.82) is 10.8 Å². The lowest BCUT2D eigenvalue weighted by Crippen LogP contribution is -2.61. The van der Waals surface area contributed by atoms with Crippen LogP contribution in [0.5, 0.6) is 0 Å². The number of carbonyl (C=O) groups is 17. The summed E-state index contributed by atoms with van der Waals surface area (Å²) in [5.74, 6) is -18.4. The maximum absolute atomic E-state index is 15.0. The number of guanidine groups is 2. The quantitative estimate of drug-likeness (QED) is 0.0143. The molecule has 0 bridgehead atoms. The molecule has 0 aliphatic carbocycles. The van der Waals surface area contributed by atoms with Crippen LogP contribution in [0, 0.1) is 28.6 Å². The van der Waals surface area contributed by atoms with Crippen LogP contribution in [0.3, 0.4) is 0 Å². The second-order valence-corrected chi connectivity index (χ2v) is 30.3. The first-order chi connectivity index (χ1) is 57.0. The molecule has 0 saturated heterocycles. The number of rotatable bonds is 56. The van der Waals surface area contributed by atoms with Crippen molar-refractivity contribution < 1.29 is 91.7 Å². The Morgan fingerprint density at radius 2 is 0.860 bits per heavy atom. The maximum atomic E-state index is 15.0. The molecule has 670 valence electrons. The maximum Gasteiger partial charge on any atom is 0.322 e. The number of H-pyrrole nitrogens is 1. The Hall–Kier alpha value is -12.6. The average molecular weight is 1700 g/mol. The highest BCUT2D eigenvalue weighted by atomic mass is 16.4. The highest BCUT2D eigenvalue weighted by Crippen LogP contribution is 2.21. The summed E-state index contributed by atoms with van der Waals surface area (Å²) in [5.41, 5.74) is 29.3. The van der Waals surface area contributed by atoms with Gasteiger partial charge in [0.15, 0.2) is 11.9 Å². The first-order valence-corrected chi connectivity index (χ1v) is 40.2. The molecule has 31 N–H and O–H groups in total. The predicted octanol–water partition coefficient (Wildman–Crippen LogP) is -4.99. The Morgan fingerprint density at radius 3 is 1.40 bits per heavy atom. The van der Waals surface area contributed by atoms with Crippen molar-refractivity contribution >= 4 is 123 Å². The van der Waals surface area contributed by atoms with Crippen LogP contribution in [0.25, 0.3) is 10.9 Å². The van der Waals surface area contributed by atoms with Crippen LogP contribution in [0.4, 0.5) is 0 Å². The minimum absolute atomic E-state index is 0.0337. The third-order valence-electron chi connectivity index (χ3n) is 19.3. The molecule has 0 radical (unpaired) electrons. The Bertz CT molecular complexity index is 4050. The fourth-order valence-electron chi connectivity index (χ4n) is 12.2. The highest BCUT2D eigenvalue weighted by molar-refractivity contribution is 6.01. The smallest absolute Gasteiger partial charge is 0.322 e. The van der Waals surface area contributed by atoms with Gasteiger partial charge in [0.05, 0.1) is 12.6 Å². The molecule has 2 aromatic carbocycles. The van der Waals surface area contributed by atoms with E-state index in [1.807, 2.05) is 0 Å². The molecule has 0 saturated carbocycles. The summed E-state index contributed by atoms with van der Waals surface area (Å²) in [7, 11) is 0. The molecule has 0 aliphatic heterocycles. The molecular weight excluding hydrogens is 1580 g/mol. The van der Waals surface area contributed by atoms with E-state index in [1.54, 1.807) is 102 Å². The number of nitrogens with two attached hydrogens (primary N) is 5. The predicted molar refractivity (Wildman–Crippen MR) is 444 cm³/mol. The number of aromatic nitrogens is 1. The zero-order valence-corrected chi connectivity index (χ0v) is 69.9. The number of fused-ring (bicyclic) bond motifs is 1. The minimum Gasteiger partial charge on any atom is -0.481 e. The van der Waals surface area contributed by atoms with Gasteiger partial charge in [0.1, 0.15) is 79.0 Å². The molecule has 0 aliphatic rings. The number of para-hydroxylation sites is 1. The summed E-state index contributed by atoms with van der Waals surface area (Å²) in [6.07, 6.45) is 0.565. The van der Waals surface area contributed by atoms with Crippen LogP contribution in [0.2, 0.25) is 0 Å². The summed E-state index contributed by atoms with van der Waals surface area (Å²) in [5, 5.41) is 75.4. The topological polar surface area (TPSA) is 717 Å². The fraction of sp³-hybridized carbons (Fsp3) is 0.577. The molecule has 0 unspecified atom stereocenters. The van der Waals surface area contributed by atoms with Crippen molar-refractivity contribution in [3.05, 3.63) is 71.9 Å². The lowest BCUT2D eigenvalue weighted by atomic mass is 9.96. The second kappa shape index (κ2) is 53.1. The number of carboxylic acids is 2. The van der Waals surface area contributed by atoms with Gasteiger partial charge in [0.25, 0.3) is 0 Å². The third kappa shape index (κ3) is 38.4. The molecule has 14 atom stereocenters. The van der Waals surface area contributed by atoms with Crippen LogP contribution in [0.15, 0.2) is 60.8 Å². The number of carboxylic acid groups (broad SMARTS) is 2. The summed E-state index contributed by atoms with van der Waals surface area (Å²) in [6, 6.07) is -2.98. The number of carbonyl (C=O) groups excluding carboxylic acids is 15. The Balaban J connectivity index is 1.95. The second-order valence-electron chi connectivity index (χ2n) is 30.3. The first-order valence-electron chi connectivity index (χ1n) is 40.2. The van der Waals surface area contributed by atoms with Gasteiger partial charge in [-0.05, 0) is 126 Å². The number of amides is 15. The summed E-state index contributed by atoms with van der Waals surface area (Å²) in [4.78, 5) is 234. The van der Waals surface area contributed by atoms with Gasteiger partial charge in [0, 0.05) is 55.9 Å². The molecular formula is C78H124N24O19. The Labute approximate surface area is 701 Å². The van der Waals surface area contributed by atoms with Crippen LogP contribution in [-0.2, 0) is 94.3 Å². The van der Waals surface area contributed by atoms with Crippen molar-refractivity contribution in [2.24, 2.45) is 46.4 Å². The van der Waals surface area contributed by atoms with Gasteiger partial charge in [-0.15, -0.1) is 0 Å². The van der Waals surface area contributed by atoms with Gasteiger partial charge in [-0.1, -0.05) is 96.5 Å². The number of primary amides is 1. The lowest BCUT2D eigenvalue weighted by molar-refractivity contribution is -0.139. The highest BCUT2D eigenvalue weighted by Gasteiger charge is 2.38. The Morgan fingerprint density at radius 1 is 0.421 bits per heavy atom. The number of hydrogen-bond donors (Lipinski definition) is 26. The first kappa shape index (κ1) is 103. The number of hydrogen-bond acceptors (Lipinski definition) is 21. The lowest BCUT2D eigenvalue weighted by Gasteiger charge is -2.30. The van der Waals surface area contributed by atoms with E-state index in [0.717, 1.165) is 0 Å². The number of aromatic amines is 1. The zero-order valence-electron chi connectivity index (χ0n) is 69.9. The van der Waals surface area contributed by atoms with E-state index in [4.69, 9.17) is 44.6 Å². The molecule has 3 rings (SSSR count). The van der Waals surface area contributed by atoms with Gasteiger partial charge in [-0.3, -0.25) is 92.3 Å². The molecule has 1 heterocycles. The molecule has 1 aromatic heterocycles. The van der Waals surface area contributed by atoms with E-state index in [0.29, 0.717) is 28.5 Å².